The summed E-state index contributed by atoms with van der Waals surface area (Å²) in [5.74, 6) is 0.875. The van der Waals surface area contributed by atoms with Gasteiger partial charge in [0.1, 0.15) is 5.75 Å². The Morgan fingerprint density at radius 3 is 2.42 bits per heavy atom. The van der Waals surface area contributed by atoms with Gasteiger partial charge in [-0.1, -0.05) is 0 Å². The molecule has 0 saturated carbocycles. The zero-order valence-electron chi connectivity index (χ0n) is 12.3. The molecule has 0 spiro atoms. The van der Waals surface area contributed by atoms with Crippen molar-refractivity contribution in [1.29, 1.82) is 0 Å². The Kier molecular flexibility index (Phi) is 7.30. The van der Waals surface area contributed by atoms with Gasteiger partial charge >= 0.3 is 0 Å². The first-order valence-electron chi connectivity index (χ1n) is 6.86. The number of anilines is 1. The van der Waals surface area contributed by atoms with Gasteiger partial charge in [0.25, 0.3) is 0 Å². The lowest BCUT2D eigenvalue weighted by Crippen LogP contribution is -2.26. The molecule has 0 fully saturated rings. The summed E-state index contributed by atoms with van der Waals surface area (Å²) in [7, 11) is 2.10. The minimum absolute atomic E-state index is 0.308. The summed E-state index contributed by atoms with van der Waals surface area (Å²) in [6, 6.07) is 7.50. The van der Waals surface area contributed by atoms with E-state index in [2.05, 4.69) is 25.8 Å². The average Bonchev–Trinajstić information content (AvgIpc) is 2.36. The molecule has 0 aliphatic rings. The molecular weight excluding hydrogens is 240 g/mol. The van der Waals surface area contributed by atoms with E-state index in [1.165, 1.54) is 0 Å². The van der Waals surface area contributed by atoms with Crippen LogP contribution in [0.3, 0.4) is 0 Å². The van der Waals surface area contributed by atoms with Crippen LogP contribution in [0.1, 0.15) is 20.3 Å². The van der Waals surface area contributed by atoms with E-state index in [-0.39, 0.29) is 0 Å². The Hall–Kier alpha value is -1.26. The largest absolute Gasteiger partial charge is 0.494 e. The van der Waals surface area contributed by atoms with Gasteiger partial charge in [0.05, 0.1) is 19.3 Å². The molecule has 108 valence electrons. The fraction of sp³-hybridized carbons (Fsp3) is 0.600. The van der Waals surface area contributed by atoms with Crippen LogP contribution >= 0.6 is 0 Å². The van der Waals surface area contributed by atoms with Crippen LogP contribution in [0.25, 0.3) is 0 Å². The van der Waals surface area contributed by atoms with E-state index in [4.69, 9.17) is 15.2 Å². The highest BCUT2D eigenvalue weighted by molar-refractivity contribution is 5.41. The van der Waals surface area contributed by atoms with Gasteiger partial charge in [0, 0.05) is 18.8 Å². The van der Waals surface area contributed by atoms with Crippen molar-refractivity contribution in [3.63, 3.8) is 0 Å². The van der Waals surface area contributed by atoms with Gasteiger partial charge in [0.2, 0.25) is 0 Å². The molecule has 0 aromatic heterocycles. The van der Waals surface area contributed by atoms with Crippen LogP contribution in [0.15, 0.2) is 24.3 Å². The van der Waals surface area contributed by atoms with Gasteiger partial charge in [-0.15, -0.1) is 0 Å². The molecule has 1 aromatic carbocycles. The molecule has 0 radical (unpaired) electrons. The van der Waals surface area contributed by atoms with Crippen molar-refractivity contribution < 1.29 is 9.47 Å². The molecule has 0 unspecified atom stereocenters. The maximum absolute atomic E-state index is 5.64. The monoisotopic (exact) mass is 266 g/mol. The predicted molar refractivity (Wildman–Crippen MR) is 79.6 cm³/mol. The third-order valence-electron chi connectivity index (χ3n) is 2.76. The quantitative estimate of drug-likeness (QED) is 0.551. The smallest absolute Gasteiger partial charge is 0.119 e. The van der Waals surface area contributed by atoms with Crippen molar-refractivity contribution in [3.05, 3.63) is 24.3 Å². The first kappa shape index (κ1) is 15.8. The molecule has 0 aliphatic heterocycles. The molecule has 0 atom stereocenters. The van der Waals surface area contributed by atoms with E-state index >= 15 is 0 Å². The Morgan fingerprint density at radius 1 is 1.11 bits per heavy atom. The van der Waals surface area contributed by atoms with Gasteiger partial charge in [-0.2, -0.15) is 0 Å². The average molecular weight is 266 g/mol. The number of rotatable bonds is 9. The second-order valence-corrected chi connectivity index (χ2v) is 4.99. The number of nitrogens with two attached hydrogens (primary N) is 1. The Bertz CT molecular complexity index is 339. The number of hydrogen-bond donors (Lipinski definition) is 1. The highest BCUT2D eigenvalue weighted by atomic mass is 16.5. The number of hydrogen-bond acceptors (Lipinski definition) is 4. The summed E-state index contributed by atoms with van der Waals surface area (Å²) >= 11 is 0. The second kappa shape index (κ2) is 8.77. The van der Waals surface area contributed by atoms with Crippen LogP contribution in [-0.4, -0.2) is 44.4 Å². The zero-order chi connectivity index (χ0) is 14.1. The van der Waals surface area contributed by atoms with Crippen LogP contribution in [0.4, 0.5) is 5.69 Å². The lowest BCUT2D eigenvalue weighted by molar-refractivity contribution is 0.0630. The Morgan fingerprint density at radius 2 is 1.79 bits per heavy atom. The minimum Gasteiger partial charge on any atom is -0.494 e. The van der Waals surface area contributed by atoms with E-state index < -0.39 is 0 Å². The van der Waals surface area contributed by atoms with Crippen LogP contribution in [0.2, 0.25) is 0 Å². The molecule has 0 amide bonds. The minimum atomic E-state index is 0.308. The highest BCUT2D eigenvalue weighted by Crippen LogP contribution is 2.13. The lowest BCUT2D eigenvalue weighted by atomic mass is 10.3. The van der Waals surface area contributed by atoms with E-state index in [1.807, 2.05) is 24.3 Å². The van der Waals surface area contributed by atoms with Crippen molar-refractivity contribution in [2.24, 2.45) is 0 Å². The number of likely N-dealkylation sites (N-methyl/N-ethyl adjacent to an activating group) is 1. The van der Waals surface area contributed by atoms with E-state index in [0.717, 1.165) is 44.2 Å². The summed E-state index contributed by atoms with van der Waals surface area (Å²) in [5, 5.41) is 0. The summed E-state index contributed by atoms with van der Waals surface area (Å²) in [4.78, 5) is 2.26. The Labute approximate surface area is 116 Å². The van der Waals surface area contributed by atoms with E-state index in [0.29, 0.717) is 6.10 Å². The van der Waals surface area contributed by atoms with E-state index in [1.54, 1.807) is 0 Å². The fourth-order valence-electron chi connectivity index (χ4n) is 1.64. The number of ether oxygens (including phenoxy) is 2. The number of nitrogen functional groups attached to an aromatic ring is 1. The molecule has 0 bridgehead atoms. The topological polar surface area (TPSA) is 47.7 Å². The van der Waals surface area contributed by atoms with Crippen molar-refractivity contribution >= 4 is 5.69 Å². The fourth-order valence-corrected chi connectivity index (χ4v) is 1.64. The third kappa shape index (κ3) is 7.70. The lowest BCUT2D eigenvalue weighted by Gasteiger charge is -2.17. The van der Waals surface area contributed by atoms with Gasteiger partial charge in [-0.3, -0.25) is 0 Å². The summed E-state index contributed by atoms with van der Waals surface area (Å²) in [6.45, 7) is 7.59. The van der Waals surface area contributed by atoms with E-state index in [9.17, 15) is 0 Å². The summed E-state index contributed by atoms with van der Waals surface area (Å²) in [6.07, 6.45) is 1.31. The second-order valence-electron chi connectivity index (χ2n) is 4.99. The van der Waals surface area contributed by atoms with Crippen molar-refractivity contribution in [1.82, 2.24) is 4.90 Å². The maximum atomic E-state index is 5.64. The molecule has 0 aliphatic carbocycles. The van der Waals surface area contributed by atoms with Gasteiger partial charge < -0.3 is 20.1 Å². The molecule has 2 N–H and O–H groups in total. The Balaban J connectivity index is 2.05. The normalized spacial score (nSPS) is 11.2. The highest BCUT2D eigenvalue weighted by Gasteiger charge is 2.00. The molecule has 4 nitrogen and oxygen atoms in total. The molecule has 1 aromatic rings. The summed E-state index contributed by atoms with van der Waals surface area (Å²) in [5.41, 5.74) is 6.38. The molecule has 19 heavy (non-hydrogen) atoms. The number of nitrogens with zero attached hydrogens (tertiary/aromatic N) is 1. The van der Waals surface area contributed by atoms with Crippen LogP contribution in [0, 0.1) is 0 Å². The first-order valence-corrected chi connectivity index (χ1v) is 6.86. The zero-order valence-corrected chi connectivity index (χ0v) is 12.3. The van der Waals surface area contributed by atoms with Crippen molar-refractivity contribution in [2.45, 2.75) is 26.4 Å². The van der Waals surface area contributed by atoms with Gasteiger partial charge in [0.15, 0.2) is 0 Å². The predicted octanol–water partition coefficient (Wildman–Crippen LogP) is 2.39. The van der Waals surface area contributed by atoms with Gasteiger partial charge in [-0.25, -0.2) is 0 Å². The maximum Gasteiger partial charge on any atom is 0.119 e. The third-order valence-corrected chi connectivity index (χ3v) is 2.76. The van der Waals surface area contributed by atoms with Crippen LogP contribution < -0.4 is 10.5 Å². The first-order chi connectivity index (χ1) is 9.08. The standard InChI is InChI=1S/C15H26N2O2/c1-13(2)18-12-10-17(3)9-4-11-19-15-7-5-14(16)6-8-15/h5-8,13H,4,9-12,16H2,1-3H3. The SMILES string of the molecule is CC(C)OCCN(C)CCCOc1ccc(N)cc1. The molecule has 0 saturated heterocycles. The van der Waals surface area contributed by atoms with Crippen LogP contribution in [-0.2, 0) is 4.74 Å². The van der Waals surface area contributed by atoms with Gasteiger partial charge in [-0.05, 0) is 51.6 Å². The van der Waals surface area contributed by atoms with Crippen molar-refractivity contribution in [3.8, 4) is 5.75 Å². The summed E-state index contributed by atoms with van der Waals surface area (Å²) < 4.78 is 11.2. The molecule has 4 heteroatoms. The number of benzene rings is 1. The van der Waals surface area contributed by atoms with Crippen molar-refractivity contribution in [2.75, 3.05) is 39.1 Å². The molecule has 0 heterocycles. The molecule has 1 rings (SSSR count). The molecular formula is C15H26N2O2. The van der Waals surface area contributed by atoms with Crippen LogP contribution in [0.5, 0.6) is 5.75 Å².